The number of pyridine rings is 2. The van der Waals surface area contributed by atoms with Crippen molar-refractivity contribution in [3.05, 3.63) is 41.7 Å². The number of fused-ring (bicyclic) bond motifs is 3. The summed E-state index contributed by atoms with van der Waals surface area (Å²) in [5, 5.41) is 45.0. The predicted molar refractivity (Wildman–Crippen MR) is 112 cm³/mol. The summed E-state index contributed by atoms with van der Waals surface area (Å²) < 4.78 is 0. The molecule has 184 valence electrons. The number of rotatable bonds is 12. The maximum atomic E-state index is 11.0. The number of hydrogen-bond donors (Lipinski definition) is 1. The van der Waals surface area contributed by atoms with Crippen molar-refractivity contribution >= 4 is 51.4 Å². The summed E-state index contributed by atoms with van der Waals surface area (Å²) in [6.07, 6.45) is 0. The van der Waals surface area contributed by atoms with E-state index in [0.717, 1.165) is 9.80 Å². The molecule has 0 amide bonds. The van der Waals surface area contributed by atoms with Crippen molar-refractivity contribution in [3.8, 4) is 0 Å². The molecule has 0 radical (unpaired) electrons. The van der Waals surface area contributed by atoms with Gasteiger partial charge in [0.15, 0.2) is 0 Å². The zero-order chi connectivity index (χ0) is 25.7. The summed E-state index contributed by atoms with van der Waals surface area (Å²) in [5.41, 5.74) is 7.90. The largest absolute Gasteiger partial charge is 1.00 e. The topological polar surface area (TPSA) is 219 Å². The van der Waals surface area contributed by atoms with E-state index < -0.39 is 50.1 Å². The van der Waals surface area contributed by atoms with Crippen molar-refractivity contribution in [1.82, 2.24) is 19.8 Å². The number of nitrogens with two attached hydrogens (primary N) is 1. The molecule has 0 saturated carbocycles. The van der Waals surface area contributed by atoms with Crippen molar-refractivity contribution < 1.29 is 158 Å². The Kier molecular flexibility index (Phi) is 19.8. The van der Waals surface area contributed by atoms with Crippen LogP contribution >= 0.6 is 0 Å². The molecule has 17 heteroatoms. The Morgan fingerprint density at radius 1 is 0.641 bits per heavy atom. The molecule has 0 spiro atoms. The average Bonchev–Trinajstić information content (AvgIpc) is 2.72. The predicted octanol–water partition coefficient (Wildman–Crippen LogP) is -17.0. The van der Waals surface area contributed by atoms with Crippen LogP contribution in [0.4, 0.5) is 5.69 Å². The molecule has 0 bridgehead atoms. The molecular weight excluding hydrogens is 554 g/mol. The van der Waals surface area contributed by atoms with E-state index in [9.17, 15) is 39.6 Å². The molecule has 0 unspecified atom stereocenters. The molecule has 1 aromatic carbocycles. The van der Waals surface area contributed by atoms with E-state index in [1.54, 1.807) is 30.3 Å². The van der Waals surface area contributed by atoms with Crippen molar-refractivity contribution in [2.24, 2.45) is 0 Å². The number of anilines is 1. The van der Waals surface area contributed by atoms with Gasteiger partial charge >= 0.3 is 118 Å². The summed E-state index contributed by atoms with van der Waals surface area (Å²) in [4.78, 5) is 55.1. The second-order valence-corrected chi connectivity index (χ2v) is 7.82. The molecule has 0 aliphatic heterocycles. The van der Waals surface area contributed by atoms with Crippen LogP contribution in [0, 0.1) is 0 Å². The van der Waals surface area contributed by atoms with Crippen LogP contribution in [-0.2, 0) is 32.3 Å². The summed E-state index contributed by atoms with van der Waals surface area (Å²) in [7, 11) is 0. The van der Waals surface area contributed by atoms with Crippen LogP contribution in [0.15, 0.2) is 30.3 Å². The molecule has 0 aliphatic carbocycles. The third-order valence-corrected chi connectivity index (χ3v) is 4.97. The van der Waals surface area contributed by atoms with E-state index in [4.69, 9.17) is 5.73 Å². The zero-order valence-corrected chi connectivity index (χ0v) is 30.3. The Morgan fingerprint density at radius 2 is 1.03 bits per heavy atom. The fourth-order valence-corrected chi connectivity index (χ4v) is 3.67. The van der Waals surface area contributed by atoms with Crippen molar-refractivity contribution in [2.45, 2.75) is 13.1 Å². The molecular formula is C22H19N5Na4O8. The van der Waals surface area contributed by atoms with Gasteiger partial charge in [0.2, 0.25) is 0 Å². The van der Waals surface area contributed by atoms with E-state index in [0.29, 0.717) is 38.9 Å². The van der Waals surface area contributed by atoms with Crippen molar-refractivity contribution in [2.75, 3.05) is 31.9 Å². The second kappa shape index (κ2) is 18.9. The number of nitrogen functional groups attached to an aromatic ring is 1. The van der Waals surface area contributed by atoms with Crippen LogP contribution in [0.5, 0.6) is 0 Å². The first-order chi connectivity index (χ1) is 16.5. The minimum Gasteiger partial charge on any atom is -0.549 e. The van der Waals surface area contributed by atoms with E-state index >= 15 is 0 Å². The summed E-state index contributed by atoms with van der Waals surface area (Å²) in [6.45, 7) is -2.87. The minimum atomic E-state index is -1.47. The number of aromatic nitrogens is 2. The van der Waals surface area contributed by atoms with Gasteiger partial charge in [-0.05, 0) is 24.3 Å². The maximum Gasteiger partial charge on any atom is 1.00 e. The Balaban J connectivity index is 0. The first kappa shape index (κ1) is 40.8. The van der Waals surface area contributed by atoms with E-state index in [2.05, 4.69) is 9.97 Å². The van der Waals surface area contributed by atoms with E-state index in [1.165, 1.54) is 0 Å². The molecule has 2 heterocycles. The van der Waals surface area contributed by atoms with Crippen LogP contribution in [-0.4, -0.2) is 69.8 Å². The molecule has 3 aromatic rings. The van der Waals surface area contributed by atoms with Crippen molar-refractivity contribution in [3.63, 3.8) is 0 Å². The summed E-state index contributed by atoms with van der Waals surface area (Å²) in [6, 6.07) is 8.10. The molecule has 0 aliphatic rings. The number of aliphatic carboxylic acids is 4. The van der Waals surface area contributed by atoms with Gasteiger partial charge in [-0.3, -0.25) is 9.80 Å². The maximum absolute atomic E-state index is 11.0. The first-order valence-corrected chi connectivity index (χ1v) is 10.2. The zero-order valence-electron chi connectivity index (χ0n) is 22.3. The molecule has 2 N–H and O–H groups in total. The van der Waals surface area contributed by atoms with Gasteiger partial charge in [0.1, 0.15) is 0 Å². The molecule has 0 atom stereocenters. The van der Waals surface area contributed by atoms with Crippen LogP contribution in [0.25, 0.3) is 21.8 Å². The van der Waals surface area contributed by atoms with Crippen LogP contribution < -0.4 is 144 Å². The smallest absolute Gasteiger partial charge is 0.549 e. The number of nitrogens with zero attached hydrogens (tertiary/aromatic N) is 4. The van der Waals surface area contributed by atoms with Crippen LogP contribution in [0.2, 0.25) is 0 Å². The Bertz CT molecular complexity index is 1300. The van der Waals surface area contributed by atoms with E-state index in [-0.39, 0.29) is 131 Å². The number of benzene rings is 1. The fraction of sp³-hybridized carbons (Fsp3) is 0.273. The molecule has 2 aromatic heterocycles. The molecule has 0 saturated heterocycles. The number of carboxylic acid groups (broad SMARTS) is 4. The third-order valence-electron chi connectivity index (χ3n) is 4.97. The Hall–Kier alpha value is -0.360. The standard InChI is InChI=1S/C22H23N5O8.4Na/c23-16-5-12-1-2-13(6-26(8-17(28)29)9-18(30)31)24-21(12)22-15(16)4-3-14(25-22)7-27(10-19(32)33)11-20(34)35;;;;/h1-5H,6-11,23H2,(H,28,29)(H,30,31)(H,32,33)(H,34,35);;;;/q;4*+1/p-4. The van der Waals surface area contributed by atoms with Gasteiger partial charge in [-0.25, -0.2) is 9.97 Å². The molecule has 3 rings (SSSR count). The van der Waals surface area contributed by atoms with Gasteiger partial charge < -0.3 is 45.3 Å². The van der Waals surface area contributed by atoms with Gasteiger partial charge in [0.05, 0.1) is 46.3 Å². The number of carbonyl (C=O) groups excluding carboxylic acids is 4. The van der Waals surface area contributed by atoms with Crippen molar-refractivity contribution in [1.29, 1.82) is 0 Å². The van der Waals surface area contributed by atoms with Crippen LogP contribution in [0.1, 0.15) is 11.4 Å². The quantitative estimate of drug-likeness (QED) is 0.121. The third kappa shape index (κ3) is 12.6. The fourth-order valence-electron chi connectivity index (χ4n) is 3.67. The molecule has 39 heavy (non-hydrogen) atoms. The first-order valence-electron chi connectivity index (χ1n) is 10.2. The number of carbonyl (C=O) groups is 4. The molecule has 0 fully saturated rings. The average molecular weight is 573 g/mol. The van der Waals surface area contributed by atoms with Gasteiger partial charge in [-0.2, -0.15) is 0 Å². The summed E-state index contributed by atoms with van der Waals surface area (Å²) in [5.74, 6) is -5.86. The normalized spacial score (nSPS) is 10.2. The second-order valence-electron chi connectivity index (χ2n) is 7.82. The SMILES string of the molecule is Nc1cc2ccc(CN(CC(=O)[O-])CC(=O)[O-])nc2c2nc(CN(CC(=O)[O-])CC(=O)[O-])ccc12.[Na+].[Na+].[Na+].[Na+]. The number of carboxylic acids is 4. The molecule has 13 nitrogen and oxygen atoms in total. The Labute approximate surface area is 311 Å². The van der Waals surface area contributed by atoms with Gasteiger partial charge in [0, 0.05) is 55.7 Å². The van der Waals surface area contributed by atoms with E-state index in [1.807, 2.05) is 0 Å². The monoisotopic (exact) mass is 573 g/mol. The summed E-state index contributed by atoms with van der Waals surface area (Å²) >= 11 is 0. The Morgan fingerprint density at radius 3 is 1.44 bits per heavy atom. The van der Waals surface area contributed by atoms with Gasteiger partial charge in [0.25, 0.3) is 0 Å². The van der Waals surface area contributed by atoms with Gasteiger partial charge in [-0.1, -0.05) is 6.07 Å². The number of hydrogen-bond acceptors (Lipinski definition) is 13. The van der Waals surface area contributed by atoms with Gasteiger partial charge in [-0.15, -0.1) is 0 Å². The van der Waals surface area contributed by atoms with Crippen LogP contribution in [0.3, 0.4) is 0 Å². The minimum absolute atomic E-state index is 0.